The molecule has 4 nitrogen and oxygen atoms in total. The van der Waals surface area contributed by atoms with Crippen LogP contribution in [0.5, 0.6) is 0 Å². The fourth-order valence-corrected chi connectivity index (χ4v) is 1.01. The van der Waals surface area contributed by atoms with Gasteiger partial charge in [-0.2, -0.15) is 0 Å². The van der Waals surface area contributed by atoms with Crippen LogP contribution in [0.1, 0.15) is 17.4 Å². The average molecular weight is 246 g/mol. The van der Waals surface area contributed by atoms with Crippen molar-refractivity contribution in [1.82, 2.24) is 4.98 Å². The molecule has 1 N–H and O–H groups in total. The van der Waals surface area contributed by atoms with E-state index < -0.39 is 5.97 Å². The van der Waals surface area contributed by atoms with Crippen LogP contribution < -0.4 is 5.43 Å². The first-order chi connectivity index (χ1) is 6.15. The summed E-state index contributed by atoms with van der Waals surface area (Å²) < 4.78 is 5.09. The lowest BCUT2D eigenvalue weighted by Crippen LogP contribution is -2.12. The minimum absolute atomic E-state index is 0.162. The molecule has 0 bridgehead atoms. The number of carbonyl (C=O) groups is 1. The number of aromatic nitrogens is 1. The predicted molar refractivity (Wildman–Crippen MR) is 50.7 cm³/mol. The van der Waals surface area contributed by atoms with Gasteiger partial charge in [0.1, 0.15) is 5.69 Å². The van der Waals surface area contributed by atoms with E-state index in [-0.39, 0.29) is 17.7 Å². The van der Waals surface area contributed by atoms with E-state index in [0.29, 0.717) is 4.47 Å². The Hall–Kier alpha value is -1.10. The Bertz CT molecular complexity index is 372. The molecule has 0 aromatic carbocycles. The van der Waals surface area contributed by atoms with Gasteiger partial charge in [-0.1, -0.05) is 0 Å². The Morgan fingerprint density at radius 1 is 1.69 bits per heavy atom. The molecule has 0 amide bonds. The van der Waals surface area contributed by atoms with Crippen molar-refractivity contribution < 1.29 is 9.53 Å². The summed E-state index contributed by atoms with van der Waals surface area (Å²) >= 11 is 3.02. The van der Waals surface area contributed by atoms with Crippen LogP contribution in [-0.4, -0.2) is 17.6 Å². The number of H-pyrrole nitrogens is 1. The van der Waals surface area contributed by atoms with Crippen molar-refractivity contribution in [3.8, 4) is 0 Å². The van der Waals surface area contributed by atoms with Crippen molar-refractivity contribution in [2.75, 3.05) is 6.61 Å². The summed E-state index contributed by atoms with van der Waals surface area (Å²) in [6.45, 7) is 1.99. The van der Waals surface area contributed by atoms with Crippen molar-refractivity contribution in [1.29, 1.82) is 0 Å². The molecule has 0 saturated carbocycles. The van der Waals surface area contributed by atoms with Crippen LogP contribution in [0, 0.1) is 0 Å². The molecule has 0 fully saturated rings. The van der Waals surface area contributed by atoms with E-state index in [1.165, 1.54) is 12.3 Å². The van der Waals surface area contributed by atoms with Crippen molar-refractivity contribution in [2.45, 2.75) is 6.92 Å². The molecule has 1 aromatic heterocycles. The fourth-order valence-electron chi connectivity index (χ4n) is 0.781. The Labute approximate surface area is 83.1 Å². The highest BCUT2D eigenvalue weighted by Gasteiger charge is 2.07. The number of esters is 1. The van der Waals surface area contributed by atoms with Crippen molar-refractivity contribution >= 4 is 21.9 Å². The van der Waals surface area contributed by atoms with Gasteiger partial charge in [0.2, 0.25) is 0 Å². The summed E-state index contributed by atoms with van der Waals surface area (Å²) in [5, 5.41) is 0. The van der Waals surface area contributed by atoms with E-state index in [4.69, 9.17) is 4.74 Å². The zero-order valence-corrected chi connectivity index (χ0v) is 8.55. The molecular weight excluding hydrogens is 238 g/mol. The highest BCUT2D eigenvalue weighted by Crippen LogP contribution is 2.01. The quantitative estimate of drug-likeness (QED) is 0.800. The fraction of sp³-hybridized carbons (Fsp3) is 0.250. The molecular formula is C8H8BrNO3. The Kier molecular flexibility index (Phi) is 3.25. The summed E-state index contributed by atoms with van der Waals surface area (Å²) in [7, 11) is 0. The van der Waals surface area contributed by atoms with Crippen molar-refractivity contribution in [3.63, 3.8) is 0 Å². The van der Waals surface area contributed by atoms with Gasteiger partial charge >= 0.3 is 5.97 Å². The summed E-state index contributed by atoms with van der Waals surface area (Å²) in [6, 6.07) is 1.20. The summed E-state index contributed by atoms with van der Waals surface area (Å²) in [4.78, 5) is 24.8. The molecule has 0 aliphatic heterocycles. The third-order valence-corrected chi connectivity index (χ3v) is 1.98. The second-order valence-corrected chi connectivity index (χ2v) is 3.13. The normalized spacial score (nSPS) is 9.69. The Morgan fingerprint density at radius 2 is 2.38 bits per heavy atom. The summed E-state index contributed by atoms with van der Waals surface area (Å²) in [5.74, 6) is -0.521. The molecule has 1 rings (SSSR count). The first-order valence-electron chi connectivity index (χ1n) is 3.70. The number of ether oxygens (including phenoxy) is 1. The third kappa shape index (κ3) is 2.42. The minimum atomic E-state index is -0.521. The highest BCUT2D eigenvalue weighted by atomic mass is 79.9. The van der Waals surface area contributed by atoms with E-state index in [1.807, 2.05) is 0 Å². The van der Waals surface area contributed by atoms with Crippen LogP contribution in [0.15, 0.2) is 21.5 Å². The van der Waals surface area contributed by atoms with Gasteiger partial charge in [-0.15, -0.1) is 0 Å². The zero-order chi connectivity index (χ0) is 9.84. The lowest BCUT2D eigenvalue weighted by atomic mass is 10.3. The van der Waals surface area contributed by atoms with Crippen LogP contribution in [0.3, 0.4) is 0 Å². The monoisotopic (exact) mass is 245 g/mol. The van der Waals surface area contributed by atoms with Gasteiger partial charge in [-0.25, -0.2) is 4.79 Å². The second kappa shape index (κ2) is 4.23. The molecule has 0 aliphatic carbocycles. The summed E-state index contributed by atoms with van der Waals surface area (Å²) in [6.07, 6.45) is 1.41. The van der Waals surface area contributed by atoms with Crippen LogP contribution in [0.25, 0.3) is 0 Å². The topological polar surface area (TPSA) is 59.2 Å². The SMILES string of the molecule is CCOC(=O)c1cc(=O)c(Br)c[nH]1. The lowest BCUT2D eigenvalue weighted by Gasteiger charge is -2.00. The van der Waals surface area contributed by atoms with Crippen LogP contribution >= 0.6 is 15.9 Å². The first kappa shape index (κ1) is 9.98. The molecule has 70 valence electrons. The van der Waals surface area contributed by atoms with Crippen LogP contribution in [0.2, 0.25) is 0 Å². The maximum Gasteiger partial charge on any atom is 0.354 e. The van der Waals surface area contributed by atoms with Crippen molar-refractivity contribution in [2.24, 2.45) is 0 Å². The molecule has 0 radical (unpaired) electrons. The minimum Gasteiger partial charge on any atom is -0.461 e. The molecule has 5 heteroatoms. The molecule has 0 saturated heterocycles. The Balaban J connectivity index is 2.97. The summed E-state index contributed by atoms with van der Waals surface area (Å²) in [5.41, 5.74) is -0.0862. The molecule has 0 unspecified atom stereocenters. The molecule has 1 heterocycles. The number of nitrogens with one attached hydrogen (secondary N) is 1. The van der Waals surface area contributed by atoms with Gasteiger partial charge in [0, 0.05) is 12.3 Å². The van der Waals surface area contributed by atoms with E-state index in [0.717, 1.165) is 0 Å². The number of pyridine rings is 1. The average Bonchev–Trinajstić information content (AvgIpc) is 2.10. The van der Waals surface area contributed by atoms with Gasteiger partial charge in [0.05, 0.1) is 11.1 Å². The number of carbonyl (C=O) groups excluding carboxylic acids is 1. The largest absolute Gasteiger partial charge is 0.461 e. The van der Waals surface area contributed by atoms with E-state index >= 15 is 0 Å². The van der Waals surface area contributed by atoms with Gasteiger partial charge in [0.15, 0.2) is 5.43 Å². The second-order valence-electron chi connectivity index (χ2n) is 2.28. The van der Waals surface area contributed by atoms with Gasteiger partial charge in [-0.05, 0) is 22.9 Å². The molecule has 0 atom stereocenters. The van der Waals surface area contributed by atoms with Crippen LogP contribution in [-0.2, 0) is 4.74 Å². The van der Waals surface area contributed by atoms with E-state index in [9.17, 15) is 9.59 Å². The lowest BCUT2D eigenvalue weighted by molar-refractivity contribution is 0.0519. The standard InChI is InChI=1S/C8H8BrNO3/c1-2-13-8(12)6-3-7(11)5(9)4-10-6/h3-4H,2H2,1H3,(H,10,11). The molecule has 0 aliphatic rings. The Morgan fingerprint density at radius 3 is 2.92 bits per heavy atom. The molecule has 1 aromatic rings. The van der Waals surface area contributed by atoms with Gasteiger partial charge in [0.25, 0.3) is 0 Å². The smallest absolute Gasteiger partial charge is 0.354 e. The number of halogens is 1. The number of rotatable bonds is 2. The predicted octanol–water partition coefficient (Wildman–Crippen LogP) is 1.31. The maximum atomic E-state index is 11.1. The molecule has 13 heavy (non-hydrogen) atoms. The first-order valence-corrected chi connectivity index (χ1v) is 4.49. The van der Waals surface area contributed by atoms with Crippen LogP contribution in [0.4, 0.5) is 0 Å². The van der Waals surface area contributed by atoms with Crippen molar-refractivity contribution in [3.05, 3.63) is 32.7 Å². The zero-order valence-electron chi connectivity index (χ0n) is 6.96. The molecule has 0 spiro atoms. The third-order valence-electron chi connectivity index (χ3n) is 1.36. The van der Waals surface area contributed by atoms with Gasteiger partial charge in [-0.3, -0.25) is 4.79 Å². The van der Waals surface area contributed by atoms with E-state index in [1.54, 1.807) is 6.92 Å². The van der Waals surface area contributed by atoms with E-state index in [2.05, 4.69) is 20.9 Å². The number of hydrogen-bond acceptors (Lipinski definition) is 3. The number of hydrogen-bond donors (Lipinski definition) is 1. The van der Waals surface area contributed by atoms with Gasteiger partial charge < -0.3 is 9.72 Å². The number of aromatic amines is 1. The maximum absolute atomic E-state index is 11.1. The highest BCUT2D eigenvalue weighted by molar-refractivity contribution is 9.10.